The summed E-state index contributed by atoms with van der Waals surface area (Å²) in [5.74, 6) is 0.592. The van der Waals surface area contributed by atoms with Crippen LogP contribution < -0.4 is 5.32 Å². The van der Waals surface area contributed by atoms with Crippen LogP contribution in [0.15, 0.2) is 79.0 Å². The highest BCUT2D eigenvalue weighted by atomic mass is 16.7. The molecule has 1 atom stereocenters. The van der Waals surface area contributed by atoms with E-state index >= 15 is 0 Å². The summed E-state index contributed by atoms with van der Waals surface area (Å²) in [6.07, 6.45) is 10.1. The molecular formula is C41H49N5O3. The molecule has 0 bridgehead atoms. The highest BCUT2D eigenvalue weighted by molar-refractivity contribution is 5.95. The second kappa shape index (κ2) is 16.1. The average molecular weight is 660 g/mol. The van der Waals surface area contributed by atoms with Crippen LogP contribution in [0.25, 0.3) is 22.0 Å². The number of hydrogen-bond donors (Lipinski definition) is 1. The quantitative estimate of drug-likeness (QED) is 0.191. The molecule has 0 saturated carbocycles. The van der Waals surface area contributed by atoms with Crippen LogP contribution in [0.2, 0.25) is 0 Å². The Morgan fingerprint density at radius 3 is 2.16 bits per heavy atom. The van der Waals surface area contributed by atoms with Crippen molar-refractivity contribution in [2.75, 3.05) is 52.5 Å². The number of amides is 1. The minimum atomic E-state index is -0.0382. The summed E-state index contributed by atoms with van der Waals surface area (Å²) in [7, 11) is 0. The van der Waals surface area contributed by atoms with E-state index in [0.717, 1.165) is 89.2 Å². The first-order valence-electron chi connectivity index (χ1n) is 18.3. The van der Waals surface area contributed by atoms with E-state index in [1.807, 2.05) is 48.5 Å². The van der Waals surface area contributed by atoms with E-state index in [0.29, 0.717) is 23.7 Å². The van der Waals surface area contributed by atoms with Crippen molar-refractivity contribution in [1.29, 1.82) is 5.26 Å². The molecule has 49 heavy (non-hydrogen) atoms. The number of benzene rings is 3. The third-order valence-electron chi connectivity index (χ3n) is 10.8. The number of likely N-dealkylation sites (tertiary alicyclic amines) is 2. The third kappa shape index (κ3) is 8.42. The van der Waals surface area contributed by atoms with E-state index in [9.17, 15) is 4.79 Å². The average Bonchev–Trinajstić information content (AvgIpc) is 3.53. The zero-order valence-electron chi connectivity index (χ0n) is 28.6. The number of rotatable bonds is 11. The van der Waals surface area contributed by atoms with Crippen LogP contribution in [0.5, 0.6) is 0 Å². The molecule has 4 aromatic rings. The van der Waals surface area contributed by atoms with Gasteiger partial charge in [0.05, 0.1) is 18.2 Å². The molecule has 4 heterocycles. The maximum absolute atomic E-state index is 13.0. The molecule has 3 aliphatic rings. The van der Waals surface area contributed by atoms with Crippen LogP contribution in [0.4, 0.5) is 0 Å². The highest BCUT2D eigenvalue weighted by Crippen LogP contribution is 2.34. The number of para-hydroxylation sites is 1. The van der Waals surface area contributed by atoms with Crippen LogP contribution in [-0.2, 0) is 16.0 Å². The van der Waals surface area contributed by atoms with Gasteiger partial charge in [0, 0.05) is 68.0 Å². The number of nitriles is 1. The topological polar surface area (TPSA) is 82.8 Å². The largest absolute Gasteiger partial charge is 0.353 e. The van der Waals surface area contributed by atoms with Crippen molar-refractivity contribution in [3.63, 3.8) is 0 Å². The van der Waals surface area contributed by atoms with Gasteiger partial charge in [0.15, 0.2) is 6.29 Å². The molecule has 3 fully saturated rings. The number of hydrogen-bond acceptors (Lipinski definition) is 6. The molecule has 7 rings (SSSR count). The van der Waals surface area contributed by atoms with E-state index in [4.69, 9.17) is 14.7 Å². The fourth-order valence-electron chi connectivity index (χ4n) is 7.78. The van der Waals surface area contributed by atoms with Gasteiger partial charge < -0.3 is 29.2 Å². The van der Waals surface area contributed by atoms with Gasteiger partial charge >= 0.3 is 0 Å². The van der Waals surface area contributed by atoms with Gasteiger partial charge in [0.25, 0.3) is 5.91 Å². The molecule has 1 aromatic heterocycles. The van der Waals surface area contributed by atoms with E-state index in [1.165, 1.54) is 35.7 Å². The maximum atomic E-state index is 13.0. The minimum absolute atomic E-state index is 0.00167. The zero-order chi connectivity index (χ0) is 33.4. The lowest BCUT2D eigenvalue weighted by molar-refractivity contribution is -0.163. The van der Waals surface area contributed by atoms with Crippen molar-refractivity contribution in [2.24, 2.45) is 0 Å². The van der Waals surface area contributed by atoms with E-state index in [-0.39, 0.29) is 18.2 Å². The van der Waals surface area contributed by atoms with Crippen molar-refractivity contribution < 1.29 is 14.3 Å². The van der Waals surface area contributed by atoms with E-state index < -0.39 is 0 Å². The first-order chi connectivity index (χ1) is 24.1. The van der Waals surface area contributed by atoms with Crippen molar-refractivity contribution in [3.8, 4) is 17.2 Å². The minimum Gasteiger partial charge on any atom is -0.353 e. The molecule has 1 N–H and O–H groups in total. The zero-order valence-corrected chi connectivity index (χ0v) is 28.6. The summed E-state index contributed by atoms with van der Waals surface area (Å²) >= 11 is 0. The predicted octanol–water partition coefficient (Wildman–Crippen LogP) is 6.80. The van der Waals surface area contributed by atoms with Gasteiger partial charge in [-0.3, -0.25) is 4.79 Å². The Labute approximate surface area is 290 Å². The van der Waals surface area contributed by atoms with Crippen LogP contribution in [-0.4, -0.2) is 85.1 Å². The Kier molecular flexibility index (Phi) is 11.0. The van der Waals surface area contributed by atoms with E-state index in [2.05, 4.69) is 56.2 Å². The number of ether oxygens (including phenoxy) is 2. The van der Waals surface area contributed by atoms with Crippen molar-refractivity contribution in [3.05, 3.63) is 95.7 Å². The SMILES string of the molecule is N#Cc1ccc(-c2ccc(C(=O)NC3CCN(CCN4CCC(c5cn(CCOC6CCCCO6)c6ccccc56)CC4)CC3)cc2)cc1. The second-order valence-corrected chi connectivity index (χ2v) is 13.9. The van der Waals surface area contributed by atoms with Crippen molar-refractivity contribution >= 4 is 16.8 Å². The molecule has 0 aliphatic carbocycles. The Hall–Kier alpha value is -4.00. The Bertz CT molecular complexity index is 1700. The van der Waals surface area contributed by atoms with Crippen molar-refractivity contribution in [2.45, 2.75) is 69.7 Å². The number of fused-ring (bicyclic) bond motifs is 1. The fraction of sp³-hybridized carbons (Fsp3) is 0.463. The Morgan fingerprint density at radius 1 is 0.816 bits per heavy atom. The summed E-state index contributed by atoms with van der Waals surface area (Å²) in [4.78, 5) is 18.2. The Balaban J connectivity index is 0.828. The molecule has 8 nitrogen and oxygen atoms in total. The van der Waals surface area contributed by atoms with Crippen molar-refractivity contribution in [1.82, 2.24) is 19.7 Å². The number of carbonyl (C=O) groups is 1. The number of nitrogens with zero attached hydrogens (tertiary/aromatic N) is 4. The van der Waals surface area contributed by atoms with Gasteiger partial charge in [0.1, 0.15) is 0 Å². The van der Waals surface area contributed by atoms with Gasteiger partial charge in [-0.2, -0.15) is 5.26 Å². The molecular weight excluding hydrogens is 610 g/mol. The molecule has 1 amide bonds. The lowest BCUT2D eigenvalue weighted by Gasteiger charge is -2.36. The first-order valence-corrected chi connectivity index (χ1v) is 18.3. The standard InChI is InChI=1S/C41H49N5O3/c42-29-31-8-10-32(11-9-31)33-12-14-35(15-13-33)41(47)43-36-18-22-45(23-19-36)25-24-44-20-16-34(17-21-44)38-30-46(39-6-2-1-5-37(38)39)26-28-49-40-7-3-4-27-48-40/h1-2,5-6,8-15,30,34,36,40H,3-4,7,16-28H2,(H,43,47). The number of carbonyl (C=O) groups excluding carboxylic acids is 1. The van der Waals surface area contributed by atoms with Crippen LogP contribution >= 0.6 is 0 Å². The molecule has 0 radical (unpaired) electrons. The number of nitrogens with one attached hydrogen (secondary N) is 1. The molecule has 1 unspecified atom stereocenters. The molecule has 0 spiro atoms. The molecule has 256 valence electrons. The predicted molar refractivity (Wildman–Crippen MR) is 193 cm³/mol. The van der Waals surface area contributed by atoms with Crippen LogP contribution in [0, 0.1) is 11.3 Å². The lowest BCUT2D eigenvalue weighted by atomic mass is 9.89. The van der Waals surface area contributed by atoms with Gasteiger partial charge in [-0.05, 0) is 111 Å². The molecule has 8 heteroatoms. The number of aromatic nitrogens is 1. The van der Waals surface area contributed by atoms with Crippen LogP contribution in [0.3, 0.4) is 0 Å². The van der Waals surface area contributed by atoms with Gasteiger partial charge in [-0.15, -0.1) is 0 Å². The molecule has 3 aliphatic heterocycles. The highest BCUT2D eigenvalue weighted by Gasteiger charge is 2.26. The summed E-state index contributed by atoms with van der Waals surface area (Å²) in [6, 6.07) is 26.5. The van der Waals surface area contributed by atoms with Gasteiger partial charge in [0.2, 0.25) is 0 Å². The van der Waals surface area contributed by atoms with Gasteiger partial charge in [-0.1, -0.05) is 42.5 Å². The van der Waals surface area contributed by atoms with Gasteiger partial charge in [-0.25, -0.2) is 0 Å². The molecule has 3 aromatic carbocycles. The normalized spacial score (nSPS) is 19.9. The summed E-state index contributed by atoms with van der Waals surface area (Å²) < 4.78 is 14.2. The summed E-state index contributed by atoms with van der Waals surface area (Å²) in [5, 5.41) is 13.7. The molecule has 3 saturated heterocycles. The fourth-order valence-corrected chi connectivity index (χ4v) is 7.78. The summed E-state index contributed by atoms with van der Waals surface area (Å²) in [5.41, 5.74) is 6.21. The third-order valence-corrected chi connectivity index (χ3v) is 10.8. The second-order valence-electron chi connectivity index (χ2n) is 13.9. The Morgan fingerprint density at radius 2 is 1.49 bits per heavy atom. The lowest BCUT2D eigenvalue weighted by Crippen LogP contribution is -2.47. The first kappa shape index (κ1) is 33.5. The van der Waals surface area contributed by atoms with Crippen LogP contribution in [0.1, 0.15) is 72.3 Å². The number of piperidine rings is 2. The maximum Gasteiger partial charge on any atom is 0.251 e. The van der Waals surface area contributed by atoms with E-state index in [1.54, 1.807) is 0 Å². The smallest absolute Gasteiger partial charge is 0.251 e. The monoisotopic (exact) mass is 659 g/mol. The summed E-state index contributed by atoms with van der Waals surface area (Å²) in [6.45, 7) is 8.88.